The summed E-state index contributed by atoms with van der Waals surface area (Å²) < 4.78 is 82.1. The number of aromatic nitrogens is 8. The number of alkyl halides is 6. The monoisotopic (exact) mass is 883 g/mol. The SMILES string of the molecule is Cc1cc(-c2ccc(CC(=O)Nc3ccc(-c4ccccn4)cn3)cc2C(F)(F)F)ccn1.O=C(Cc1ccc(-c2ccnnc2)c(C(F)(F)F)c1)Cc1ccc(-c2cccnn2)cn1. The molecule has 6 heterocycles. The van der Waals surface area contributed by atoms with Crippen LogP contribution in [-0.2, 0) is 41.2 Å². The predicted octanol–water partition coefficient (Wildman–Crippen LogP) is 10.1. The third-order valence-electron chi connectivity index (χ3n) is 9.71. The van der Waals surface area contributed by atoms with Crippen molar-refractivity contribution in [3.05, 3.63) is 186 Å². The summed E-state index contributed by atoms with van der Waals surface area (Å²) in [6.45, 7) is 1.71. The zero-order valence-corrected chi connectivity index (χ0v) is 34.2. The fourth-order valence-corrected chi connectivity index (χ4v) is 6.69. The number of carbonyl (C=O) groups is 2. The van der Waals surface area contributed by atoms with Gasteiger partial charge in [-0.25, -0.2) is 4.98 Å². The Morgan fingerprint density at radius 2 is 1.20 bits per heavy atom. The molecule has 0 spiro atoms. The molecule has 6 aromatic heterocycles. The van der Waals surface area contributed by atoms with E-state index in [4.69, 9.17) is 0 Å². The van der Waals surface area contributed by atoms with E-state index in [-0.39, 0.29) is 47.3 Å². The maximum absolute atomic E-state index is 13.7. The molecule has 0 fully saturated rings. The second-order valence-electron chi connectivity index (χ2n) is 14.5. The van der Waals surface area contributed by atoms with Crippen LogP contribution in [0.1, 0.15) is 33.6 Å². The summed E-state index contributed by atoms with van der Waals surface area (Å²) in [5.41, 5.74) is 3.75. The number of hydrogen-bond acceptors (Lipinski definition) is 10. The summed E-state index contributed by atoms with van der Waals surface area (Å²) in [6, 6.07) is 28.3. The van der Waals surface area contributed by atoms with E-state index < -0.39 is 29.4 Å². The van der Waals surface area contributed by atoms with E-state index in [0.29, 0.717) is 34.0 Å². The highest BCUT2D eigenvalue weighted by atomic mass is 19.4. The summed E-state index contributed by atoms with van der Waals surface area (Å²) in [5.74, 6) is -0.399. The number of pyridine rings is 4. The zero-order chi connectivity index (χ0) is 46.0. The number of halogens is 6. The molecule has 0 aliphatic heterocycles. The first-order valence-electron chi connectivity index (χ1n) is 19.7. The Kier molecular flexibility index (Phi) is 13.8. The van der Waals surface area contributed by atoms with Gasteiger partial charge >= 0.3 is 12.4 Å². The molecule has 0 bridgehead atoms. The van der Waals surface area contributed by atoms with E-state index in [9.17, 15) is 35.9 Å². The summed E-state index contributed by atoms with van der Waals surface area (Å²) in [4.78, 5) is 41.7. The lowest BCUT2D eigenvalue weighted by molar-refractivity contribution is -0.138. The van der Waals surface area contributed by atoms with Crippen molar-refractivity contribution in [2.24, 2.45) is 0 Å². The molecule has 0 saturated carbocycles. The lowest BCUT2D eigenvalue weighted by atomic mass is 9.96. The molecule has 17 heteroatoms. The zero-order valence-electron chi connectivity index (χ0n) is 34.2. The maximum Gasteiger partial charge on any atom is 0.417 e. The van der Waals surface area contributed by atoms with Crippen molar-refractivity contribution in [2.75, 3.05) is 5.32 Å². The number of Topliss-reactive ketones (excluding diaryl/α,β-unsaturated/α-hetero) is 1. The molecule has 65 heavy (non-hydrogen) atoms. The highest BCUT2D eigenvalue weighted by Crippen LogP contribution is 2.39. The van der Waals surface area contributed by atoms with Crippen LogP contribution in [0.3, 0.4) is 0 Å². The van der Waals surface area contributed by atoms with Crippen molar-refractivity contribution in [2.45, 2.75) is 38.5 Å². The number of nitrogens with zero attached hydrogens (tertiary/aromatic N) is 8. The van der Waals surface area contributed by atoms with Gasteiger partial charge in [-0.2, -0.15) is 46.7 Å². The maximum atomic E-state index is 13.7. The van der Waals surface area contributed by atoms with Crippen LogP contribution in [0.2, 0.25) is 0 Å². The predicted molar refractivity (Wildman–Crippen MR) is 229 cm³/mol. The number of nitrogens with one attached hydrogen (secondary N) is 1. The lowest BCUT2D eigenvalue weighted by Gasteiger charge is -2.15. The van der Waals surface area contributed by atoms with E-state index >= 15 is 0 Å². The van der Waals surface area contributed by atoms with Crippen LogP contribution in [-0.4, -0.2) is 52.0 Å². The van der Waals surface area contributed by atoms with Crippen LogP contribution in [0.4, 0.5) is 32.2 Å². The number of ketones is 1. The van der Waals surface area contributed by atoms with E-state index in [1.54, 1.807) is 80.2 Å². The molecular weight excluding hydrogens is 849 g/mol. The van der Waals surface area contributed by atoms with Crippen molar-refractivity contribution in [1.29, 1.82) is 0 Å². The van der Waals surface area contributed by atoms with Gasteiger partial charge in [-0.3, -0.25) is 24.5 Å². The van der Waals surface area contributed by atoms with Gasteiger partial charge in [-0.05, 0) is 114 Å². The fourth-order valence-electron chi connectivity index (χ4n) is 6.69. The number of carbonyl (C=O) groups excluding carboxylic acids is 2. The number of hydrogen-bond donors (Lipinski definition) is 1. The number of benzene rings is 2. The van der Waals surface area contributed by atoms with E-state index in [0.717, 1.165) is 29.0 Å². The van der Waals surface area contributed by atoms with Crippen LogP contribution in [0, 0.1) is 6.92 Å². The van der Waals surface area contributed by atoms with Crippen molar-refractivity contribution in [3.8, 4) is 44.8 Å². The molecule has 0 unspecified atom stereocenters. The molecule has 8 rings (SSSR count). The van der Waals surface area contributed by atoms with Crippen LogP contribution in [0.25, 0.3) is 44.8 Å². The van der Waals surface area contributed by atoms with Crippen molar-refractivity contribution < 1.29 is 35.9 Å². The molecular formula is C48H35F6N9O2. The second-order valence-corrected chi connectivity index (χ2v) is 14.5. The van der Waals surface area contributed by atoms with Crippen molar-refractivity contribution in [1.82, 2.24) is 40.3 Å². The Balaban J connectivity index is 0.000000194. The van der Waals surface area contributed by atoms with Crippen LogP contribution >= 0.6 is 0 Å². The number of anilines is 1. The standard InChI is InChI=1S/C25H19F3N4O.C23H16F3N5O/c1-16-12-18(9-11-29-16)20-7-5-17(13-21(20)25(26,27)28)14-24(33)32-23-8-6-19(15-31-23)22-4-2-3-10-30-22;24-23(25,26)21-11-15(3-6-20(21)16-7-9-28-30-14-16)10-19(32)12-18-5-4-17(13-27-18)22-2-1-8-29-31-22/h2-13,15H,14H2,1H3,(H,31,32,33);1-9,11,13-14H,10,12H2. The Morgan fingerprint density at radius 1 is 0.523 bits per heavy atom. The summed E-state index contributed by atoms with van der Waals surface area (Å²) in [6.07, 6.45) is 0.982. The average Bonchev–Trinajstić information content (AvgIpc) is 3.30. The molecule has 8 aromatic rings. The van der Waals surface area contributed by atoms with Crippen molar-refractivity contribution >= 4 is 17.5 Å². The summed E-state index contributed by atoms with van der Waals surface area (Å²) in [7, 11) is 0. The second kappa shape index (κ2) is 20.0. The summed E-state index contributed by atoms with van der Waals surface area (Å²) >= 11 is 0. The Bertz CT molecular complexity index is 2890. The highest BCUT2D eigenvalue weighted by molar-refractivity contribution is 5.91. The quantitative estimate of drug-likeness (QED) is 0.124. The largest absolute Gasteiger partial charge is 0.417 e. The number of aryl methyl sites for hydroxylation is 1. The first-order chi connectivity index (χ1) is 31.2. The normalized spacial score (nSPS) is 11.3. The Morgan fingerprint density at radius 3 is 1.80 bits per heavy atom. The molecule has 0 atom stereocenters. The van der Waals surface area contributed by atoms with E-state index in [2.05, 4.69) is 45.6 Å². The van der Waals surface area contributed by atoms with Crippen LogP contribution < -0.4 is 5.32 Å². The van der Waals surface area contributed by atoms with E-state index in [1.807, 2.05) is 12.1 Å². The number of amides is 1. The van der Waals surface area contributed by atoms with Gasteiger partial charge in [0.15, 0.2) is 0 Å². The minimum Gasteiger partial charge on any atom is -0.310 e. The Hall–Kier alpha value is -8.08. The molecule has 1 amide bonds. The van der Waals surface area contributed by atoms with Gasteiger partial charge in [-0.1, -0.05) is 30.3 Å². The molecule has 0 aliphatic rings. The molecule has 0 aliphatic carbocycles. The Labute approximate surface area is 367 Å². The topological polar surface area (TPSA) is 149 Å². The minimum atomic E-state index is -4.57. The van der Waals surface area contributed by atoms with Gasteiger partial charge < -0.3 is 5.32 Å². The minimum absolute atomic E-state index is 0.00938. The number of rotatable bonds is 11. The van der Waals surface area contributed by atoms with E-state index in [1.165, 1.54) is 55.0 Å². The van der Waals surface area contributed by atoms with Crippen LogP contribution in [0.15, 0.2) is 153 Å². The van der Waals surface area contributed by atoms with Gasteiger partial charge in [0.25, 0.3) is 0 Å². The molecule has 1 N–H and O–H groups in total. The molecule has 0 radical (unpaired) electrons. The first kappa shape index (κ1) is 45.0. The molecule has 0 saturated heterocycles. The summed E-state index contributed by atoms with van der Waals surface area (Å²) in [5, 5.41) is 17.7. The fraction of sp³-hybridized carbons (Fsp3) is 0.125. The van der Waals surface area contributed by atoms with Gasteiger partial charge in [0.05, 0.1) is 41.3 Å². The molecule has 326 valence electrons. The smallest absolute Gasteiger partial charge is 0.310 e. The average molecular weight is 884 g/mol. The van der Waals surface area contributed by atoms with Crippen molar-refractivity contribution in [3.63, 3.8) is 0 Å². The van der Waals surface area contributed by atoms with Gasteiger partial charge in [0, 0.05) is 71.9 Å². The third-order valence-corrected chi connectivity index (χ3v) is 9.71. The van der Waals surface area contributed by atoms with Gasteiger partial charge in [0.1, 0.15) is 11.6 Å². The van der Waals surface area contributed by atoms with Crippen LogP contribution in [0.5, 0.6) is 0 Å². The van der Waals surface area contributed by atoms with Gasteiger partial charge in [0.2, 0.25) is 5.91 Å². The highest BCUT2D eigenvalue weighted by Gasteiger charge is 2.35. The van der Waals surface area contributed by atoms with Gasteiger partial charge in [-0.15, -0.1) is 0 Å². The first-order valence-corrected chi connectivity index (χ1v) is 19.7. The lowest BCUT2D eigenvalue weighted by Crippen LogP contribution is -2.16. The molecule has 11 nitrogen and oxygen atoms in total. The third kappa shape index (κ3) is 12.1. The molecule has 2 aromatic carbocycles.